The summed E-state index contributed by atoms with van der Waals surface area (Å²) in [7, 11) is 0. The van der Waals surface area contributed by atoms with Crippen molar-refractivity contribution in [1.82, 2.24) is 14.9 Å². The molecule has 6 heteroatoms. The molecule has 2 heterocycles. The zero-order chi connectivity index (χ0) is 17.1. The molecule has 0 radical (unpaired) electrons. The Morgan fingerprint density at radius 1 is 1.09 bits per heavy atom. The number of carbonyl (C=O) groups is 1. The summed E-state index contributed by atoms with van der Waals surface area (Å²) in [5, 5.41) is -0.462. The van der Waals surface area contributed by atoms with E-state index in [0.717, 1.165) is 43.4 Å². The summed E-state index contributed by atoms with van der Waals surface area (Å²) in [6.45, 7) is 13.2. The molecule has 1 saturated heterocycles. The van der Waals surface area contributed by atoms with Gasteiger partial charge < -0.3 is 9.80 Å². The zero-order valence-electron chi connectivity index (χ0n) is 14.8. The van der Waals surface area contributed by atoms with Gasteiger partial charge in [-0.05, 0) is 33.1 Å². The van der Waals surface area contributed by atoms with Crippen LogP contribution in [0.15, 0.2) is 0 Å². The molecule has 1 amide bonds. The van der Waals surface area contributed by atoms with Gasteiger partial charge in [-0.15, -0.1) is 11.6 Å². The van der Waals surface area contributed by atoms with Gasteiger partial charge in [-0.1, -0.05) is 13.8 Å². The molecule has 1 atom stereocenters. The number of alkyl halides is 1. The van der Waals surface area contributed by atoms with Gasteiger partial charge in [0, 0.05) is 37.4 Å². The molecular formula is C17H27ClN4O. The summed E-state index contributed by atoms with van der Waals surface area (Å²) in [5.41, 5.74) is 2.26. The number of hydrogen-bond donors (Lipinski definition) is 0. The summed E-state index contributed by atoms with van der Waals surface area (Å²) < 4.78 is 0. The Hall–Kier alpha value is -1.36. The number of amides is 1. The first-order chi connectivity index (χ1) is 10.8. The van der Waals surface area contributed by atoms with Crippen LogP contribution in [0.25, 0.3) is 0 Å². The van der Waals surface area contributed by atoms with Crippen LogP contribution in [-0.4, -0.2) is 52.3 Å². The van der Waals surface area contributed by atoms with E-state index in [4.69, 9.17) is 16.6 Å². The van der Waals surface area contributed by atoms with Crippen molar-refractivity contribution in [2.24, 2.45) is 0 Å². The lowest BCUT2D eigenvalue weighted by molar-refractivity contribution is -0.130. The molecule has 1 aliphatic rings. The standard InChI is InChI=1S/C17H27ClN4O/c1-11(2)15-13(4)19-14(5)20-16(15)21-7-6-8-22(10-9-21)17(23)12(3)18/h11-12H,6-10H2,1-5H3. The molecule has 0 aliphatic carbocycles. The molecule has 128 valence electrons. The molecule has 1 aromatic rings. The number of anilines is 1. The van der Waals surface area contributed by atoms with E-state index in [1.807, 2.05) is 11.8 Å². The van der Waals surface area contributed by atoms with Gasteiger partial charge in [0.05, 0.1) is 0 Å². The van der Waals surface area contributed by atoms with E-state index < -0.39 is 5.38 Å². The van der Waals surface area contributed by atoms with Crippen molar-refractivity contribution in [3.05, 3.63) is 17.1 Å². The van der Waals surface area contributed by atoms with E-state index in [9.17, 15) is 4.79 Å². The SMILES string of the molecule is Cc1nc(C)c(C(C)C)c(N2CCCN(C(=O)C(C)Cl)CC2)n1. The Morgan fingerprint density at radius 2 is 1.78 bits per heavy atom. The van der Waals surface area contributed by atoms with Crippen molar-refractivity contribution in [1.29, 1.82) is 0 Å². The van der Waals surface area contributed by atoms with Gasteiger partial charge in [-0.3, -0.25) is 4.79 Å². The zero-order valence-corrected chi connectivity index (χ0v) is 15.5. The highest BCUT2D eigenvalue weighted by Crippen LogP contribution is 2.29. The lowest BCUT2D eigenvalue weighted by Gasteiger charge is -2.27. The fraction of sp³-hybridized carbons (Fsp3) is 0.706. The van der Waals surface area contributed by atoms with E-state index in [2.05, 4.69) is 30.7 Å². The minimum Gasteiger partial charge on any atom is -0.354 e. The predicted molar refractivity (Wildman–Crippen MR) is 94.3 cm³/mol. The van der Waals surface area contributed by atoms with Crippen molar-refractivity contribution in [3.63, 3.8) is 0 Å². The number of hydrogen-bond acceptors (Lipinski definition) is 4. The fourth-order valence-electron chi connectivity index (χ4n) is 3.22. The Labute approximate surface area is 144 Å². The van der Waals surface area contributed by atoms with Crippen LogP contribution in [0.5, 0.6) is 0 Å². The molecule has 5 nitrogen and oxygen atoms in total. The lowest BCUT2D eigenvalue weighted by atomic mass is 10.0. The third kappa shape index (κ3) is 4.14. The Morgan fingerprint density at radius 3 is 2.39 bits per heavy atom. The Kier molecular flexibility index (Phi) is 5.84. The van der Waals surface area contributed by atoms with Gasteiger partial charge in [-0.2, -0.15) is 0 Å². The largest absolute Gasteiger partial charge is 0.354 e. The second-order valence-electron chi connectivity index (χ2n) is 6.53. The highest BCUT2D eigenvalue weighted by atomic mass is 35.5. The molecule has 23 heavy (non-hydrogen) atoms. The molecule has 0 N–H and O–H groups in total. The lowest BCUT2D eigenvalue weighted by Crippen LogP contribution is -2.39. The maximum absolute atomic E-state index is 12.1. The van der Waals surface area contributed by atoms with Gasteiger partial charge >= 0.3 is 0 Å². The summed E-state index contributed by atoms with van der Waals surface area (Å²) in [6, 6.07) is 0. The van der Waals surface area contributed by atoms with Gasteiger partial charge in [0.15, 0.2) is 0 Å². The van der Waals surface area contributed by atoms with E-state index in [1.54, 1.807) is 6.92 Å². The van der Waals surface area contributed by atoms with Crippen LogP contribution in [0.4, 0.5) is 5.82 Å². The molecule has 1 unspecified atom stereocenters. The summed E-state index contributed by atoms with van der Waals surface area (Å²) >= 11 is 5.95. The van der Waals surface area contributed by atoms with E-state index >= 15 is 0 Å². The number of aromatic nitrogens is 2. The average Bonchev–Trinajstić information content (AvgIpc) is 2.70. The molecule has 1 aromatic heterocycles. The normalized spacial score (nSPS) is 17.3. The van der Waals surface area contributed by atoms with Crippen LogP contribution in [0.2, 0.25) is 0 Å². The van der Waals surface area contributed by atoms with Gasteiger partial charge in [0.25, 0.3) is 0 Å². The first-order valence-corrected chi connectivity index (χ1v) is 8.77. The molecule has 0 spiro atoms. The minimum atomic E-state index is -0.462. The first-order valence-electron chi connectivity index (χ1n) is 8.34. The molecule has 0 saturated carbocycles. The van der Waals surface area contributed by atoms with E-state index in [-0.39, 0.29) is 5.91 Å². The van der Waals surface area contributed by atoms with Crippen molar-refractivity contribution in [2.45, 2.75) is 52.3 Å². The van der Waals surface area contributed by atoms with Gasteiger partial charge in [-0.25, -0.2) is 9.97 Å². The predicted octanol–water partition coefficient (Wildman–Crippen LogP) is 2.88. The average molecular weight is 339 g/mol. The molecule has 1 fully saturated rings. The smallest absolute Gasteiger partial charge is 0.240 e. The van der Waals surface area contributed by atoms with Crippen LogP contribution >= 0.6 is 11.6 Å². The summed E-state index contributed by atoms with van der Waals surface area (Å²) in [6.07, 6.45) is 0.926. The topological polar surface area (TPSA) is 49.3 Å². The third-order valence-electron chi connectivity index (χ3n) is 4.25. The molecule has 0 aromatic carbocycles. The quantitative estimate of drug-likeness (QED) is 0.795. The molecule has 2 rings (SSSR count). The highest BCUT2D eigenvalue weighted by molar-refractivity contribution is 6.30. The summed E-state index contributed by atoms with van der Waals surface area (Å²) in [4.78, 5) is 25.5. The van der Waals surface area contributed by atoms with Gasteiger partial charge in [0.2, 0.25) is 5.91 Å². The van der Waals surface area contributed by atoms with Crippen molar-refractivity contribution in [3.8, 4) is 0 Å². The van der Waals surface area contributed by atoms with Crippen LogP contribution < -0.4 is 4.90 Å². The van der Waals surface area contributed by atoms with E-state index in [0.29, 0.717) is 12.5 Å². The van der Waals surface area contributed by atoms with Crippen molar-refractivity contribution >= 4 is 23.3 Å². The maximum atomic E-state index is 12.1. The first kappa shape index (κ1) is 18.0. The highest BCUT2D eigenvalue weighted by Gasteiger charge is 2.25. The molecule has 0 bridgehead atoms. The molecule has 1 aliphatic heterocycles. The van der Waals surface area contributed by atoms with Crippen LogP contribution in [0.1, 0.15) is 50.2 Å². The Balaban J connectivity index is 2.25. The van der Waals surface area contributed by atoms with Crippen molar-refractivity contribution < 1.29 is 4.79 Å². The second kappa shape index (κ2) is 7.47. The van der Waals surface area contributed by atoms with E-state index in [1.165, 1.54) is 5.56 Å². The second-order valence-corrected chi connectivity index (χ2v) is 7.18. The molecular weight excluding hydrogens is 312 g/mol. The minimum absolute atomic E-state index is 0.0210. The van der Waals surface area contributed by atoms with Crippen LogP contribution in [-0.2, 0) is 4.79 Å². The van der Waals surface area contributed by atoms with Gasteiger partial charge in [0.1, 0.15) is 17.0 Å². The monoisotopic (exact) mass is 338 g/mol. The number of halogens is 1. The number of nitrogens with zero attached hydrogens (tertiary/aromatic N) is 4. The van der Waals surface area contributed by atoms with Crippen LogP contribution in [0.3, 0.4) is 0 Å². The van der Waals surface area contributed by atoms with Crippen molar-refractivity contribution in [2.75, 3.05) is 31.1 Å². The van der Waals surface area contributed by atoms with Crippen LogP contribution in [0, 0.1) is 13.8 Å². The Bertz CT molecular complexity index is 574. The fourth-order valence-corrected chi connectivity index (χ4v) is 3.36. The third-order valence-corrected chi connectivity index (χ3v) is 4.44. The number of aryl methyl sites for hydroxylation is 2. The number of rotatable bonds is 3. The number of carbonyl (C=O) groups excluding carboxylic acids is 1. The summed E-state index contributed by atoms with van der Waals surface area (Å²) in [5.74, 6) is 2.22. The maximum Gasteiger partial charge on any atom is 0.240 e.